The molecule has 0 fully saturated rings. The molecule has 6 heteroatoms. The second-order valence-electron chi connectivity index (χ2n) is 7.42. The molecule has 0 amide bonds. The molecule has 0 saturated carbocycles. The van der Waals surface area contributed by atoms with E-state index >= 15 is 0 Å². The number of carbonyl (C=O) groups is 1. The molecule has 29 heavy (non-hydrogen) atoms. The van der Waals surface area contributed by atoms with Crippen molar-refractivity contribution < 1.29 is 18.3 Å². The van der Waals surface area contributed by atoms with Gasteiger partial charge in [-0.25, -0.2) is 8.42 Å². The second kappa shape index (κ2) is 16.7. The number of phenolic OH excluding ortho intramolecular Hbond substituents is 1. The molecule has 1 atom stereocenters. The van der Waals surface area contributed by atoms with Crippen LogP contribution in [0.3, 0.4) is 0 Å². The Balaban J connectivity index is 0.000000555. The molecule has 1 unspecified atom stereocenters. The number of halogens is 1. The van der Waals surface area contributed by atoms with Gasteiger partial charge in [-0.05, 0) is 42.3 Å². The van der Waals surface area contributed by atoms with Gasteiger partial charge in [0.1, 0.15) is 11.0 Å². The van der Waals surface area contributed by atoms with Crippen molar-refractivity contribution in [2.45, 2.75) is 108 Å². The molecule has 1 N–H and O–H groups in total. The third-order valence-electron chi connectivity index (χ3n) is 4.87. The van der Waals surface area contributed by atoms with Gasteiger partial charge in [0.15, 0.2) is 9.84 Å². The Hall–Kier alpha value is -1.07. The molecule has 0 saturated heterocycles. The Morgan fingerprint density at radius 2 is 1.21 bits per heavy atom. The first kappa shape index (κ1) is 27.9. The van der Waals surface area contributed by atoms with Crippen molar-refractivity contribution in [3.8, 4) is 5.75 Å². The highest BCUT2D eigenvalue weighted by Crippen LogP contribution is 2.22. The predicted octanol–water partition coefficient (Wildman–Crippen LogP) is 7.03. The number of carbonyl (C=O) groups excluding carboxylic acids is 1. The van der Waals surface area contributed by atoms with Crippen LogP contribution in [-0.2, 0) is 14.6 Å². The van der Waals surface area contributed by atoms with E-state index in [2.05, 4.69) is 13.8 Å². The number of hydrogen-bond acceptors (Lipinski definition) is 4. The van der Waals surface area contributed by atoms with E-state index in [1.165, 1.54) is 94.9 Å². The summed E-state index contributed by atoms with van der Waals surface area (Å²) in [5.74, 6) is -0.0378. The molecule has 168 valence electrons. The molecule has 0 radical (unpaired) electrons. The topological polar surface area (TPSA) is 71.4 Å². The lowest BCUT2D eigenvalue weighted by molar-refractivity contribution is -0.111. The molecule has 0 bridgehead atoms. The van der Waals surface area contributed by atoms with Crippen LogP contribution in [0.2, 0.25) is 0 Å². The number of phenols is 1. The summed E-state index contributed by atoms with van der Waals surface area (Å²) in [6.07, 6.45) is 16.1. The molecular weight excluding hydrogens is 408 g/mol. The molecule has 0 aliphatic carbocycles. The summed E-state index contributed by atoms with van der Waals surface area (Å²) in [5.41, 5.74) is 0. The molecule has 1 rings (SSSR count). The maximum atomic E-state index is 11.9. The Morgan fingerprint density at radius 1 is 0.828 bits per heavy atom. The van der Waals surface area contributed by atoms with Gasteiger partial charge in [-0.2, -0.15) is 0 Å². The van der Waals surface area contributed by atoms with Gasteiger partial charge < -0.3 is 5.11 Å². The van der Waals surface area contributed by atoms with Gasteiger partial charge in [-0.15, -0.1) is 0 Å². The Kier molecular flexibility index (Phi) is 16.1. The smallest absolute Gasteiger partial charge is 0.240 e. The van der Waals surface area contributed by atoms with Crippen LogP contribution in [0, 0.1) is 0 Å². The van der Waals surface area contributed by atoms with Gasteiger partial charge in [0.05, 0.1) is 4.90 Å². The first-order chi connectivity index (χ1) is 13.8. The molecule has 0 aromatic heterocycles. The van der Waals surface area contributed by atoms with Crippen molar-refractivity contribution >= 4 is 26.7 Å². The molecule has 1 aromatic rings. The SMILES string of the molecule is CCC(C(=O)Cl)S(=O)(=O)c1ccc(O)cc1.CCCCCCCCCCCCC. The number of rotatable bonds is 14. The highest BCUT2D eigenvalue weighted by Gasteiger charge is 2.31. The van der Waals surface area contributed by atoms with Crippen molar-refractivity contribution in [1.82, 2.24) is 0 Å². The van der Waals surface area contributed by atoms with Crippen LogP contribution in [0.5, 0.6) is 5.75 Å². The number of sulfone groups is 1. The number of benzene rings is 1. The van der Waals surface area contributed by atoms with Crippen molar-refractivity contribution in [2.24, 2.45) is 0 Å². The molecule has 0 aliphatic heterocycles. The minimum Gasteiger partial charge on any atom is -0.508 e. The standard InChI is InChI=1S/C13H28.C10H11ClO4S/c1-3-5-7-9-11-13-12-10-8-6-4-2;1-2-9(10(11)13)16(14,15)8-5-3-7(12)4-6-8/h3-13H2,1-2H3;3-6,9,12H,2H2,1H3. The van der Waals surface area contributed by atoms with E-state index in [-0.39, 0.29) is 17.1 Å². The van der Waals surface area contributed by atoms with E-state index in [1.54, 1.807) is 6.92 Å². The van der Waals surface area contributed by atoms with E-state index in [0.717, 1.165) is 0 Å². The number of unbranched alkanes of at least 4 members (excludes halogenated alkanes) is 10. The molecule has 0 spiro atoms. The molecule has 0 heterocycles. The first-order valence-corrected chi connectivity index (χ1v) is 13.0. The fourth-order valence-corrected chi connectivity index (χ4v) is 5.07. The predicted molar refractivity (Wildman–Crippen MR) is 122 cm³/mol. The summed E-state index contributed by atoms with van der Waals surface area (Å²) < 4.78 is 23.9. The van der Waals surface area contributed by atoms with Crippen molar-refractivity contribution in [3.05, 3.63) is 24.3 Å². The largest absolute Gasteiger partial charge is 0.508 e. The zero-order chi connectivity index (χ0) is 22.1. The lowest BCUT2D eigenvalue weighted by atomic mass is 10.1. The maximum absolute atomic E-state index is 11.9. The Bertz CT molecular complexity index is 631. The van der Waals surface area contributed by atoms with Gasteiger partial charge in [-0.3, -0.25) is 4.79 Å². The number of hydrogen-bond donors (Lipinski definition) is 1. The molecular formula is C23H39ClO4S. The summed E-state index contributed by atoms with van der Waals surface area (Å²) in [6, 6.07) is 4.98. The molecule has 4 nitrogen and oxygen atoms in total. The highest BCUT2D eigenvalue weighted by atomic mass is 35.5. The van der Waals surface area contributed by atoms with Crippen LogP contribution < -0.4 is 0 Å². The van der Waals surface area contributed by atoms with Crippen LogP contribution in [-0.4, -0.2) is 24.0 Å². The van der Waals surface area contributed by atoms with Crippen LogP contribution in [0.25, 0.3) is 0 Å². The Morgan fingerprint density at radius 3 is 1.52 bits per heavy atom. The quantitative estimate of drug-likeness (QED) is 0.246. The number of aromatic hydroxyl groups is 1. The third kappa shape index (κ3) is 12.3. The van der Waals surface area contributed by atoms with Crippen molar-refractivity contribution in [2.75, 3.05) is 0 Å². The van der Waals surface area contributed by atoms with Gasteiger partial charge in [0.25, 0.3) is 0 Å². The highest BCUT2D eigenvalue weighted by molar-refractivity contribution is 7.93. The summed E-state index contributed by atoms with van der Waals surface area (Å²) >= 11 is 5.24. The van der Waals surface area contributed by atoms with Crippen molar-refractivity contribution in [3.63, 3.8) is 0 Å². The maximum Gasteiger partial charge on any atom is 0.240 e. The van der Waals surface area contributed by atoms with E-state index in [4.69, 9.17) is 16.7 Å². The van der Waals surface area contributed by atoms with E-state index in [9.17, 15) is 13.2 Å². The van der Waals surface area contributed by atoms with Crippen molar-refractivity contribution in [1.29, 1.82) is 0 Å². The Labute approximate surface area is 183 Å². The average Bonchev–Trinajstić information content (AvgIpc) is 2.67. The zero-order valence-electron chi connectivity index (χ0n) is 18.3. The second-order valence-corrected chi connectivity index (χ2v) is 9.92. The van der Waals surface area contributed by atoms with Crippen LogP contribution in [0.15, 0.2) is 29.2 Å². The molecule has 0 aliphatic rings. The summed E-state index contributed by atoms with van der Waals surface area (Å²) in [7, 11) is -3.76. The minimum atomic E-state index is -3.76. The van der Waals surface area contributed by atoms with Crippen LogP contribution in [0.4, 0.5) is 0 Å². The van der Waals surface area contributed by atoms with Gasteiger partial charge in [0, 0.05) is 0 Å². The lowest BCUT2D eigenvalue weighted by Crippen LogP contribution is -2.26. The zero-order valence-corrected chi connectivity index (χ0v) is 19.9. The minimum absolute atomic E-state index is 0.0221. The summed E-state index contributed by atoms with van der Waals surface area (Å²) in [4.78, 5) is 11.0. The van der Waals surface area contributed by atoms with Gasteiger partial charge in [-0.1, -0.05) is 91.4 Å². The average molecular weight is 447 g/mol. The summed E-state index contributed by atoms with van der Waals surface area (Å²) in [5, 5.41) is 6.91. The van der Waals surface area contributed by atoms with Gasteiger partial charge in [0.2, 0.25) is 5.24 Å². The first-order valence-electron chi connectivity index (χ1n) is 11.0. The molecule has 1 aromatic carbocycles. The van der Waals surface area contributed by atoms with E-state index in [1.807, 2.05) is 0 Å². The lowest BCUT2D eigenvalue weighted by Gasteiger charge is -2.11. The van der Waals surface area contributed by atoms with E-state index in [0.29, 0.717) is 0 Å². The summed E-state index contributed by atoms with van der Waals surface area (Å²) in [6.45, 7) is 6.14. The van der Waals surface area contributed by atoms with Gasteiger partial charge >= 0.3 is 0 Å². The normalized spacial score (nSPS) is 12.1. The monoisotopic (exact) mass is 446 g/mol. The third-order valence-corrected chi connectivity index (χ3v) is 7.49. The fraction of sp³-hybridized carbons (Fsp3) is 0.696. The van der Waals surface area contributed by atoms with Crippen LogP contribution >= 0.6 is 11.6 Å². The van der Waals surface area contributed by atoms with Crippen LogP contribution in [0.1, 0.15) is 97.8 Å². The fourth-order valence-electron chi connectivity index (χ4n) is 3.04. The van der Waals surface area contributed by atoms with E-state index < -0.39 is 20.3 Å².